The summed E-state index contributed by atoms with van der Waals surface area (Å²) in [6.45, 7) is 0. The van der Waals surface area contributed by atoms with Crippen molar-refractivity contribution in [1.82, 2.24) is 4.90 Å². The van der Waals surface area contributed by atoms with Crippen LogP contribution in [0.25, 0.3) is 0 Å². The molecule has 2 amide bonds. The number of hydrogen-bond acceptors (Lipinski definition) is 6. The quantitative estimate of drug-likeness (QED) is 0.580. The van der Waals surface area contributed by atoms with Crippen molar-refractivity contribution < 1.29 is 28.5 Å². The highest BCUT2D eigenvalue weighted by Gasteiger charge is 2.39. The lowest BCUT2D eigenvalue weighted by atomic mass is 10.0. The monoisotopic (exact) mass is 419 g/mol. The fourth-order valence-corrected chi connectivity index (χ4v) is 3.45. The predicted octanol–water partition coefficient (Wildman–Crippen LogP) is 4.09. The van der Waals surface area contributed by atoms with Gasteiger partial charge in [-0.1, -0.05) is 12.1 Å². The summed E-state index contributed by atoms with van der Waals surface area (Å²) in [4.78, 5) is 27.9. The van der Waals surface area contributed by atoms with E-state index in [-0.39, 0.29) is 0 Å². The zero-order chi connectivity index (χ0) is 22.0. The Balaban J connectivity index is 1.80. The molecule has 1 aliphatic heterocycles. The first kappa shape index (κ1) is 20.3. The van der Waals surface area contributed by atoms with Crippen LogP contribution in [-0.2, 0) is 0 Å². The highest BCUT2D eigenvalue weighted by atomic mass is 16.5. The molecule has 0 aliphatic carbocycles. The molecule has 0 aromatic heterocycles. The van der Waals surface area contributed by atoms with E-state index in [2.05, 4.69) is 0 Å². The van der Waals surface area contributed by atoms with Gasteiger partial charge in [0.25, 0.3) is 11.8 Å². The minimum atomic E-state index is -0.975. The molecule has 1 heterocycles. The second-order valence-electron chi connectivity index (χ2n) is 6.79. The standard InChI is InChI=1S/C24H21NO6/c1-28-17-11-8-15(9-12-17)22(26)25-23(27)18-6-4-5-7-19(18)31-24(25)16-10-13-20(29-2)21(14-16)30-3/h4-14,24H,1-3H3. The average molecular weight is 419 g/mol. The molecule has 7 nitrogen and oxygen atoms in total. The largest absolute Gasteiger partial charge is 0.497 e. The van der Waals surface area contributed by atoms with Gasteiger partial charge >= 0.3 is 0 Å². The molecule has 0 radical (unpaired) electrons. The van der Waals surface area contributed by atoms with Crippen molar-refractivity contribution in [2.24, 2.45) is 0 Å². The molecule has 1 aliphatic rings. The number of carbonyl (C=O) groups excluding carboxylic acids is 2. The van der Waals surface area contributed by atoms with Gasteiger partial charge in [-0.25, -0.2) is 4.90 Å². The van der Waals surface area contributed by atoms with Crippen molar-refractivity contribution in [2.45, 2.75) is 6.23 Å². The van der Waals surface area contributed by atoms with Crippen LogP contribution < -0.4 is 18.9 Å². The van der Waals surface area contributed by atoms with Gasteiger partial charge in [0.05, 0.1) is 26.9 Å². The summed E-state index contributed by atoms with van der Waals surface area (Å²) in [5, 5.41) is 0. The summed E-state index contributed by atoms with van der Waals surface area (Å²) in [7, 11) is 4.60. The van der Waals surface area contributed by atoms with Crippen LogP contribution in [0.2, 0.25) is 0 Å². The van der Waals surface area contributed by atoms with E-state index in [1.165, 1.54) is 14.2 Å². The third kappa shape index (κ3) is 3.66. The summed E-state index contributed by atoms with van der Waals surface area (Å²) in [5.41, 5.74) is 1.23. The van der Waals surface area contributed by atoms with E-state index in [0.29, 0.717) is 39.7 Å². The number of para-hydroxylation sites is 1. The number of amides is 2. The van der Waals surface area contributed by atoms with Crippen LogP contribution >= 0.6 is 0 Å². The zero-order valence-electron chi connectivity index (χ0n) is 17.3. The Bertz CT molecular complexity index is 1130. The molecule has 0 spiro atoms. The third-order valence-electron chi connectivity index (χ3n) is 5.06. The van der Waals surface area contributed by atoms with E-state index in [0.717, 1.165) is 4.90 Å². The van der Waals surface area contributed by atoms with Gasteiger partial charge in [-0.15, -0.1) is 0 Å². The maximum absolute atomic E-state index is 13.4. The number of carbonyl (C=O) groups is 2. The number of fused-ring (bicyclic) bond motifs is 1. The number of nitrogens with zero attached hydrogens (tertiary/aromatic N) is 1. The first-order valence-electron chi connectivity index (χ1n) is 9.57. The molecule has 3 aromatic rings. The first-order chi connectivity index (χ1) is 15.1. The van der Waals surface area contributed by atoms with Crippen LogP contribution in [0.4, 0.5) is 0 Å². The normalized spacial score (nSPS) is 15.0. The van der Waals surface area contributed by atoms with Gasteiger partial charge in [0.15, 0.2) is 11.5 Å². The van der Waals surface area contributed by atoms with Gasteiger partial charge in [0.2, 0.25) is 6.23 Å². The number of benzene rings is 3. The molecule has 0 saturated carbocycles. The number of imide groups is 1. The lowest BCUT2D eigenvalue weighted by Crippen LogP contribution is -2.45. The Hall–Kier alpha value is -4.00. The molecule has 0 saturated heterocycles. The number of hydrogen-bond donors (Lipinski definition) is 0. The molecule has 3 aromatic carbocycles. The molecular formula is C24H21NO6. The van der Waals surface area contributed by atoms with Crippen LogP contribution in [0.3, 0.4) is 0 Å². The van der Waals surface area contributed by atoms with Crippen molar-refractivity contribution >= 4 is 11.8 Å². The van der Waals surface area contributed by atoms with Gasteiger partial charge in [0, 0.05) is 11.1 Å². The van der Waals surface area contributed by atoms with Crippen molar-refractivity contribution in [3.8, 4) is 23.0 Å². The van der Waals surface area contributed by atoms with Crippen LogP contribution in [0.1, 0.15) is 32.5 Å². The van der Waals surface area contributed by atoms with Crippen molar-refractivity contribution in [3.63, 3.8) is 0 Å². The van der Waals surface area contributed by atoms with E-state index >= 15 is 0 Å². The Labute approximate surface area is 179 Å². The van der Waals surface area contributed by atoms with Crippen LogP contribution in [0.5, 0.6) is 23.0 Å². The predicted molar refractivity (Wildman–Crippen MR) is 113 cm³/mol. The fraction of sp³-hybridized carbons (Fsp3) is 0.167. The van der Waals surface area contributed by atoms with Crippen LogP contribution in [0, 0.1) is 0 Å². The van der Waals surface area contributed by atoms with Crippen LogP contribution in [0.15, 0.2) is 66.7 Å². The van der Waals surface area contributed by atoms with Crippen molar-refractivity contribution in [2.75, 3.05) is 21.3 Å². The third-order valence-corrected chi connectivity index (χ3v) is 5.06. The molecule has 1 unspecified atom stereocenters. The number of methoxy groups -OCH3 is 3. The first-order valence-corrected chi connectivity index (χ1v) is 9.57. The van der Waals surface area contributed by atoms with Gasteiger partial charge in [-0.3, -0.25) is 9.59 Å². The average Bonchev–Trinajstić information content (AvgIpc) is 2.83. The summed E-state index contributed by atoms with van der Waals surface area (Å²) >= 11 is 0. The SMILES string of the molecule is COc1ccc(C(=O)N2C(=O)c3ccccc3OC2c2ccc(OC)c(OC)c2)cc1. The maximum atomic E-state index is 13.4. The summed E-state index contributed by atoms with van der Waals surface area (Å²) in [6.07, 6.45) is -0.975. The Morgan fingerprint density at radius 3 is 2.26 bits per heavy atom. The van der Waals surface area contributed by atoms with E-state index < -0.39 is 18.0 Å². The number of rotatable bonds is 5. The van der Waals surface area contributed by atoms with E-state index in [1.54, 1.807) is 73.8 Å². The van der Waals surface area contributed by atoms with Gasteiger partial charge < -0.3 is 18.9 Å². The zero-order valence-corrected chi connectivity index (χ0v) is 17.3. The Morgan fingerprint density at radius 1 is 0.871 bits per heavy atom. The lowest BCUT2D eigenvalue weighted by Gasteiger charge is -2.35. The molecule has 0 N–H and O–H groups in total. The van der Waals surface area contributed by atoms with Gasteiger partial charge in [-0.05, 0) is 54.6 Å². The van der Waals surface area contributed by atoms with E-state index in [4.69, 9.17) is 18.9 Å². The minimum absolute atomic E-state index is 0.320. The van der Waals surface area contributed by atoms with Crippen molar-refractivity contribution in [3.05, 3.63) is 83.4 Å². The van der Waals surface area contributed by atoms with Gasteiger partial charge in [-0.2, -0.15) is 0 Å². The van der Waals surface area contributed by atoms with E-state index in [1.807, 2.05) is 0 Å². The molecule has 158 valence electrons. The summed E-state index contributed by atoms with van der Waals surface area (Å²) in [6, 6.07) is 18.5. The topological polar surface area (TPSA) is 74.3 Å². The second-order valence-corrected chi connectivity index (χ2v) is 6.79. The summed E-state index contributed by atoms with van der Waals surface area (Å²) < 4.78 is 22.0. The second kappa shape index (κ2) is 8.39. The van der Waals surface area contributed by atoms with Crippen LogP contribution in [-0.4, -0.2) is 38.0 Å². The maximum Gasteiger partial charge on any atom is 0.267 e. The molecule has 7 heteroatoms. The highest BCUT2D eigenvalue weighted by Crippen LogP contribution is 2.39. The fourth-order valence-electron chi connectivity index (χ4n) is 3.45. The molecular weight excluding hydrogens is 398 g/mol. The summed E-state index contributed by atoms with van der Waals surface area (Å²) in [5.74, 6) is 1.09. The lowest BCUT2D eigenvalue weighted by molar-refractivity contribution is 0.0107. The Morgan fingerprint density at radius 2 is 1.58 bits per heavy atom. The van der Waals surface area contributed by atoms with Crippen molar-refractivity contribution in [1.29, 1.82) is 0 Å². The molecule has 0 bridgehead atoms. The van der Waals surface area contributed by atoms with Gasteiger partial charge in [0.1, 0.15) is 11.5 Å². The van der Waals surface area contributed by atoms with E-state index in [9.17, 15) is 9.59 Å². The molecule has 0 fully saturated rings. The molecule has 1 atom stereocenters. The number of ether oxygens (including phenoxy) is 4. The Kier molecular flexibility index (Phi) is 5.49. The highest BCUT2D eigenvalue weighted by molar-refractivity contribution is 6.12. The molecule has 31 heavy (non-hydrogen) atoms. The smallest absolute Gasteiger partial charge is 0.267 e. The minimum Gasteiger partial charge on any atom is -0.497 e. The molecule has 4 rings (SSSR count).